The van der Waals surface area contributed by atoms with Crippen molar-refractivity contribution in [3.05, 3.63) is 217 Å². The van der Waals surface area contributed by atoms with Crippen LogP contribution in [0.2, 0.25) is 0 Å². The number of aryl methyl sites for hydroxylation is 1. The summed E-state index contributed by atoms with van der Waals surface area (Å²) in [5.41, 5.74) is 15.9. The Morgan fingerprint density at radius 3 is 1.52 bits per heavy atom. The lowest BCUT2D eigenvalue weighted by atomic mass is 9.90. The molecule has 1 nitrogen and oxygen atoms in total. The molecule has 0 saturated heterocycles. The topological polar surface area (TPSA) is 3.24 Å². The predicted octanol–water partition coefficient (Wildman–Crippen LogP) is 16.3. The van der Waals surface area contributed by atoms with Crippen LogP contribution < -0.4 is 4.90 Å². The number of hydrogen-bond donors (Lipinski definition) is 0. The maximum absolute atomic E-state index is 2.35. The Morgan fingerprint density at radius 1 is 0.362 bits per heavy atom. The van der Waals surface area contributed by atoms with Crippen LogP contribution >= 0.6 is 11.3 Å². The minimum atomic E-state index is 1.11. The molecule has 1 aromatic heterocycles. The Bertz CT molecular complexity index is 3120. The van der Waals surface area contributed by atoms with Crippen molar-refractivity contribution in [2.24, 2.45) is 0 Å². The van der Waals surface area contributed by atoms with Gasteiger partial charge in [-0.25, -0.2) is 0 Å². The maximum Gasteiger partial charge on any atom is 0.0462 e. The minimum absolute atomic E-state index is 1.11. The van der Waals surface area contributed by atoms with E-state index in [1.54, 1.807) is 0 Å². The molecule has 0 amide bonds. The summed E-state index contributed by atoms with van der Waals surface area (Å²) in [7, 11) is 0. The number of allylic oxidation sites excluding steroid dienone is 1. The molecule has 0 aliphatic heterocycles. The van der Waals surface area contributed by atoms with E-state index in [4.69, 9.17) is 0 Å². The summed E-state index contributed by atoms with van der Waals surface area (Å²) in [5.74, 6) is 0. The average molecular weight is 758 g/mol. The molecule has 274 valence electrons. The molecule has 58 heavy (non-hydrogen) atoms. The number of thiophene rings is 1. The van der Waals surface area contributed by atoms with E-state index < -0.39 is 0 Å². The van der Waals surface area contributed by atoms with Gasteiger partial charge in [-0.15, -0.1) is 11.3 Å². The van der Waals surface area contributed by atoms with Crippen LogP contribution in [0.5, 0.6) is 0 Å². The van der Waals surface area contributed by atoms with Gasteiger partial charge in [-0.05, 0) is 140 Å². The number of hydrogen-bond acceptors (Lipinski definition) is 2. The summed E-state index contributed by atoms with van der Waals surface area (Å²) in [5, 5.41) is 5.29. The third-order valence-electron chi connectivity index (χ3n) is 11.8. The Morgan fingerprint density at radius 2 is 0.862 bits per heavy atom. The van der Waals surface area contributed by atoms with Gasteiger partial charge in [-0.3, -0.25) is 0 Å². The van der Waals surface area contributed by atoms with Crippen LogP contribution in [-0.4, -0.2) is 0 Å². The molecule has 11 rings (SSSR count). The summed E-state index contributed by atoms with van der Waals surface area (Å²) in [6, 6.07) is 73.6. The summed E-state index contributed by atoms with van der Waals surface area (Å²) in [6.45, 7) is 0. The first-order chi connectivity index (χ1) is 28.7. The summed E-state index contributed by atoms with van der Waals surface area (Å²) >= 11 is 1.86. The fourth-order valence-electron chi connectivity index (χ4n) is 8.68. The average Bonchev–Trinajstić information content (AvgIpc) is 3.68. The minimum Gasteiger partial charge on any atom is -0.311 e. The van der Waals surface area contributed by atoms with Gasteiger partial charge in [0.25, 0.3) is 0 Å². The first kappa shape index (κ1) is 34.3. The molecule has 2 heteroatoms. The van der Waals surface area contributed by atoms with Gasteiger partial charge >= 0.3 is 0 Å². The molecule has 1 heterocycles. The van der Waals surface area contributed by atoms with E-state index in [0.29, 0.717) is 0 Å². The van der Waals surface area contributed by atoms with Crippen LogP contribution in [0.25, 0.3) is 81.5 Å². The van der Waals surface area contributed by atoms with Crippen LogP contribution in [0, 0.1) is 0 Å². The van der Waals surface area contributed by atoms with E-state index in [-0.39, 0.29) is 0 Å². The van der Waals surface area contributed by atoms with Crippen molar-refractivity contribution in [2.75, 3.05) is 4.90 Å². The van der Waals surface area contributed by atoms with E-state index in [2.05, 4.69) is 217 Å². The van der Waals surface area contributed by atoms with Gasteiger partial charge < -0.3 is 4.90 Å². The highest BCUT2D eigenvalue weighted by Crippen LogP contribution is 2.40. The van der Waals surface area contributed by atoms with Crippen LogP contribution in [0.15, 0.2) is 206 Å². The zero-order valence-electron chi connectivity index (χ0n) is 32.0. The molecule has 9 aromatic carbocycles. The fraction of sp³-hybridized carbons (Fsp3) is 0.0357. The van der Waals surface area contributed by atoms with Gasteiger partial charge in [-0.1, -0.05) is 152 Å². The van der Waals surface area contributed by atoms with E-state index >= 15 is 0 Å². The van der Waals surface area contributed by atoms with Crippen LogP contribution in [-0.2, 0) is 6.42 Å². The van der Waals surface area contributed by atoms with Gasteiger partial charge in [0.1, 0.15) is 0 Å². The monoisotopic (exact) mass is 757 g/mol. The van der Waals surface area contributed by atoms with E-state index in [1.165, 1.54) is 86.6 Å². The fourth-order valence-corrected chi connectivity index (χ4v) is 9.77. The lowest BCUT2D eigenvalue weighted by Gasteiger charge is -2.26. The molecule has 0 fully saturated rings. The second kappa shape index (κ2) is 14.5. The molecule has 0 radical (unpaired) electrons. The Balaban J connectivity index is 0.903. The first-order valence-electron chi connectivity index (χ1n) is 20.1. The van der Waals surface area contributed by atoms with Crippen molar-refractivity contribution in [2.45, 2.75) is 12.8 Å². The molecule has 1 aliphatic rings. The zero-order chi connectivity index (χ0) is 38.4. The van der Waals surface area contributed by atoms with Gasteiger partial charge in [0.05, 0.1) is 0 Å². The van der Waals surface area contributed by atoms with Crippen LogP contribution in [0.3, 0.4) is 0 Å². The molecule has 0 atom stereocenters. The normalized spacial score (nSPS) is 12.3. The number of rotatable bonds is 7. The zero-order valence-corrected chi connectivity index (χ0v) is 32.8. The second-order valence-electron chi connectivity index (χ2n) is 15.2. The molecule has 1 aliphatic carbocycles. The van der Waals surface area contributed by atoms with Crippen LogP contribution in [0.1, 0.15) is 17.5 Å². The van der Waals surface area contributed by atoms with Crippen molar-refractivity contribution in [1.29, 1.82) is 0 Å². The van der Waals surface area contributed by atoms with E-state index in [0.717, 1.165) is 29.9 Å². The third-order valence-corrected chi connectivity index (χ3v) is 12.9. The number of nitrogens with zero attached hydrogens (tertiary/aromatic N) is 1. The van der Waals surface area contributed by atoms with Gasteiger partial charge in [0.15, 0.2) is 0 Å². The second-order valence-corrected chi connectivity index (χ2v) is 16.3. The lowest BCUT2D eigenvalue weighted by Crippen LogP contribution is -2.09. The van der Waals surface area contributed by atoms with Gasteiger partial charge in [0.2, 0.25) is 0 Å². The van der Waals surface area contributed by atoms with E-state index in [1.807, 2.05) is 11.3 Å². The van der Waals surface area contributed by atoms with Gasteiger partial charge in [-0.2, -0.15) is 0 Å². The number of anilines is 3. The molecule has 0 unspecified atom stereocenters. The highest BCUT2D eigenvalue weighted by atomic mass is 32.1. The summed E-state index contributed by atoms with van der Waals surface area (Å²) in [6.07, 6.45) is 6.86. The van der Waals surface area contributed by atoms with Crippen molar-refractivity contribution < 1.29 is 0 Å². The lowest BCUT2D eigenvalue weighted by molar-refractivity contribution is 0.990. The maximum atomic E-state index is 2.35. The van der Waals surface area contributed by atoms with Crippen molar-refractivity contribution in [3.8, 4) is 44.5 Å². The molecule has 0 spiro atoms. The quantitative estimate of drug-likeness (QED) is 0.156. The standard InChI is InChI=1S/C56H39NS/c1-2-8-38(9-3-1)40-20-28-48(29-21-40)57(50-32-24-43(25-33-50)46-27-35-56-54(37-46)53-12-6-7-13-55(53)58-56)49-30-22-41(23-31-49)39-14-16-42(17-15-39)45-26-34-52-47(36-45)19-18-44-10-4-5-11-51(44)52/h1-3,5-9,11-37H,4,10H2. The Labute approximate surface area is 343 Å². The highest BCUT2D eigenvalue weighted by Gasteiger charge is 2.15. The molecular formula is C56H39NS. The van der Waals surface area contributed by atoms with Crippen molar-refractivity contribution >= 4 is 65.4 Å². The van der Waals surface area contributed by atoms with E-state index in [9.17, 15) is 0 Å². The van der Waals surface area contributed by atoms with Gasteiger partial charge in [0, 0.05) is 37.2 Å². The smallest absolute Gasteiger partial charge is 0.0462 e. The largest absolute Gasteiger partial charge is 0.311 e. The summed E-state index contributed by atoms with van der Waals surface area (Å²) < 4.78 is 2.66. The number of benzene rings is 9. The Hall–Kier alpha value is -7.00. The third kappa shape index (κ3) is 6.29. The first-order valence-corrected chi connectivity index (χ1v) is 20.9. The predicted molar refractivity (Wildman–Crippen MR) is 251 cm³/mol. The van der Waals surface area contributed by atoms with Crippen molar-refractivity contribution in [3.63, 3.8) is 0 Å². The summed E-state index contributed by atoms with van der Waals surface area (Å²) in [4.78, 5) is 2.35. The SMILES string of the molecule is C1=Cc2c(ccc3cc(-c4ccc(-c5ccc(N(c6ccc(-c7ccccc7)cc6)c6ccc(-c7ccc8sc9ccccc9c8c7)cc6)cc5)cc4)ccc23)CC1. The van der Waals surface area contributed by atoms with Crippen molar-refractivity contribution in [1.82, 2.24) is 0 Å². The molecule has 0 saturated carbocycles. The Kier molecular flexibility index (Phi) is 8.56. The number of fused-ring (bicyclic) bond motifs is 6. The molecular weight excluding hydrogens is 719 g/mol. The molecule has 0 bridgehead atoms. The highest BCUT2D eigenvalue weighted by molar-refractivity contribution is 7.25. The molecule has 10 aromatic rings. The van der Waals surface area contributed by atoms with Crippen LogP contribution in [0.4, 0.5) is 17.1 Å². The molecule has 0 N–H and O–H groups in total.